The van der Waals surface area contributed by atoms with Crippen LogP contribution in [0.5, 0.6) is 0 Å². The number of nitrogens with one attached hydrogen (secondary N) is 4. The standard InChI is InChI=1S/C40H64BrN5O5Si/c1-37(2,3)31(33(47)42-10)43-35(49)40(52(12,13)39(7,8)9,26-28-18-15-14-16-19-28)24-17-25-46(27-29-20-22-30(41)23-21-29)45-34(48)32(38(4,5)6)44-36(50)51-11/h14-16,18-23,31-32H,17,24-27H2,1-13H3,(H,42,47)(H,43,49)(H,44,50)(H,45,48)/t31-,32-,40-/m1/s1. The van der Waals surface area contributed by atoms with Crippen LogP contribution in [0.1, 0.15) is 86.3 Å². The Hall–Kier alpha value is -3.22. The van der Waals surface area contributed by atoms with E-state index in [2.05, 4.69) is 83.3 Å². The number of halogens is 1. The molecule has 0 spiro atoms. The fourth-order valence-corrected chi connectivity index (χ4v) is 10.3. The Balaban J connectivity index is 2.65. The molecule has 52 heavy (non-hydrogen) atoms. The highest BCUT2D eigenvalue weighted by Gasteiger charge is 2.57. The van der Waals surface area contributed by atoms with Crippen molar-refractivity contribution in [3.63, 3.8) is 0 Å². The summed E-state index contributed by atoms with van der Waals surface area (Å²) in [6, 6.07) is 16.4. The number of amides is 4. The van der Waals surface area contributed by atoms with Gasteiger partial charge in [-0.1, -0.05) is 134 Å². The number of hydrogen-bond donors (Lipinski definition) is 4. The highest BCUT2D eigenvalue weighted by atomic mass is 79.9. The van der Waals surface area contributed by atoms with Gasteiger partial charge in [-0.3, -0.25) is 19.8 Å². The number of hydrazine groups is 1. The van der Waals surface area contributed by atoms with E-state index in [1.807, 2.05) is 89.0 Å². The molecule has 12 heteroatoms. The van der Waals surface area contributed by atoms with Crippen molar-refractivity contribution < 1.29 is 23.9 Å². The third-order valence-electron chi connectivity index (χ3n) is 10.7. The van der Waals surface area contributed by atoms with Gasteiger partial charge in [-0.15, -0.1) is 0 Å². The van der Waals surface area contributed by atoms with Crippen LogP contribution < -0.4 is 21.4 Å². The van der Waals surface area contributed by atoms with E-state index in [9.17, 15) is 14.4 Å². The summed E-state index contributed by atoms with van der Waals surface area (Å²) in [5, 5.41) is 9.56. The maximum Gasteiger partial charge on any atom is 0.407 e. The summed E-state index contributed by atoms with van der Waals surface area (Å²) in [5.74, 6) is -0.724. The number of methoxy groups -OCH3 is 1. The largest absolute Gasteiger partial charge is 0.453 e. The van der Waals surface area contributed by atoms with Crippen LogP contribution in [0.4, 0.5) is 4.79 Å². The van der Waals surface area contributed by atoms with E-state index in [-0.39, 0.29) is 22.8 Å². The summed E-state index contributed by atoms with van der Waals surface area (Å²) in [7, 11) is 0.297. The minimum Gasteiger partial charge on any atom is -0.453 e. The SMILES string of the molecule is CNC(=O)[C@@H](NC(=O)[C@@](CCCN(Cc1ccc(Br)cc1)NC(=O)[C@@H](NC(=O)OC)C(C)(C)C)(Cc1ccccc1)[Si](C)(C)C(C)(C)C)C(C)(C)C. The average molecular weight is 803 g/mol. The highest BCUT2D eigenvalue weighted by molar-refractivity contribution is 9.10. The van der Waals surface area contributed by atoms with Gasteiger partial charge >= 0.3 is 6.09 Å². The maximum atomic E-state index is 15.2. The van der Waals surface area contributed by atoms with Gasteiger partial charge in [-0.2, -0.15) is 0 Å². The molecule has 2 aromatic carbocycles. The van der Waals surface area contributed by atoms with Gasteiger partial charge < -0.3 is 20.7 Å². The second-order valence-electron chi connectivity index (χ2n) is 17.6. The number of ether oxygens (including phenoxy) is 1. The zero-order chi connectivity index (χ0) is 39.7. The third-order valence-corrected chi connectivity index (χ3v) is 18.0. The summed E-state index contributed by atoms with van der Waals surface area (Å²) < 4.78 is 5.78. The molecule has 4 N–H and O–H groups in total. The number of alkyl carbamates (subject to hydrolysis) is 1. The molecular formula is C40H64BrN5O5Si. The molecule has 0 fully saturated rings. The van der Waals surface area contributed by atoms with Gasteiger partial charge in [-0.25, -0.2) is 9.80 Å². The third kappa shape index (κ3) is 11.9. The molecule has 0 saturated carbocycles. The van der Waals surface area contributed by atoms with Crippen molar-refractivity contribution >= 4 is 47.8 Å². The highest BCUT2D eigenvalue weighted by Crippen LogP contribution is 2.56. The summed E-state index contributed by atoms with van der Waals surface area (Å²) in [6.45, 7) is 23.6. The van der Waals surface area contributed by atoms with Crippen LogP contribution in [0, 0.1) is 10.8 Å². The molecule has 0 heterocycles. The molecule has 0 aliphatic heterocycles. The van der Waals surface area contributed by atoms with E-state index in [0.29, 0.717) is 32.4 Å². The van der Waals surface area contributed by atoms with E-state index < -0.39 is 42.1 Å². The Kier molecular flexibility index (Phi) is 15.7. The average Bonchev–Trinajstić information content (AvgIpc) is 3.04. The zero-order valence-electron chi connectivity index (χ0n) is 33.8. The monoisotopic (exact) mass is 801 g/mol. The Bertz CT molecular complexity index is 1500. The normalized spacial score (nSPS) is 14.8. The Labute approximate surface area is 322 Å². The smallest absolute Gasteiger partial charge is 0.407 e. The lowest BCUT2D eigenvalue weighted by Gasteiger charge is -2.52. The summed E-state index contributed by atoms with van der Waals surface area (Å²) in [6.07, 6.45) is 0.902. The van der Waals surface area contributed by atoms with Gasteiger partial charge in [0.1, 0.15) is 12.1 Å². The molecule has 10 nitrogen and oxygen atoms in total. The van der Waals surface area contributed by atoms with Crippen LogP contribution in [0.15, 0.2) is 59.1 Å². The number of rotatable bonds is 15. The number of likely N-dealkylation sites (N-methyl/N-ethyl adjacent to an activating group) is 1. The quantitative estimate of drug-likeness (QED) is 0.109. The maximum absolute atomic E-state index is 15.2. The van der Waals surface area contributed by atoms with E-state index in [0.717, 1.165) is 15.6 Å². The van der Waals surface area contributed by atoms with Crippen LogP contribution >= 0.6 is 15.9 Å². The topological polar surface area (TPSA) is 129 Å². The van der Waals surface area contributed by atoms with E-state index in [4.69, 9.17) is 4.74 Å². The molecule has 290 valence electrons. The number of benzene rings is 2. The van der Waals surface area contributed by atoms with Crippen LogP contribution in [-0.4, -0.2) is 69.7 Å². The Morgan fingerprint density at radius 3 is 1.81 bits per heavy atom. The summed E-state index contributed by atoms with van der Waals surface area (Å²) in [4.78, 5) is 54.5. The predicted molar refractivity (Wildman–Crippen MR) is 216 cm³/mol. The van der Waals surface area contributed by atoms with Gasteiger partial charge in [0, 0.05) is 29.6 Å². The Morgan fingerprint density at radius 2 is 1.33 bits per heavy atom. The van der Waals surface area contributed by atoms with Crippen LogP contribution in [-0.2, 0) is 32.1 Å². The van der Waals surface area contributed by atoms with Crippen molar-refractivity contribution in [3.8, 4) is 0 Å². The molecule has 0 saturated heterocycles. The zero-order valence-corrected chi connectivity index (χ0v) is 36.3. The lowest BCUT2D eigenvalue weighted by molar-refractivity contribution is -0.133. The first-order chi connectivity index (χ1) is 23.9. The van der Waals surface area contributed by atoms with Crippen LogP contribution in [0.2, 0.25) is 23.2 Å². The first-order valence-corrected chi connectivity index (χ1v) is 21.9. The molecule has 0 radical (unpaired) electrons. The Morgan fingerprint density at radius 1 is 0.788 bits per heavy atom. The van der Waals surface area contributed by atoms with Crippen LogP contribution in [0.3, 0.4) is 0 Å². The first-order valence-electron chi connectivity index (χ1n) is 18.1. The molecular weight excluding hydrogens is 738 g/mol. The second kappa shape index (κ2) is 18.2. The first kappa shape index (κ1) is 44.9. The fraction of sp³-hybridized carbons (Fsp3) is 0.600. The minimum absolute atomic E-state index is 0.120. The van der Waals surface area contributed by atoms with Crippen molar-refractivity contribution in [2.75, 3.05) is 20.7 Å². The molecule has 0 aromatic heterocycles. The van der Waals surface area contributed by atoms with Gasteiger partial charge in [0.05, 0.1) is 15.2 Å². The fourth-order valence-electron chi connectivity index (χ4n) is 6.48. The van der Waals surface area contributed by atoms with Crippen molar-refractivity contribution in [3.05, 3.63) is 70.2 Å². The molecule has 0 aliphatic carbocycles. The summed E-state index contributed by atoms with van der Waals surface area (Å²) in [5.41, 5.74) is 3.98. The summed E-state index contributed by atoms with van der Waals surface area (Å²) >= 11 is 3.51. The van der Waals surface area contributed by atoms with E-state index in [1.54, 1.807) is 7.05 Å². The van der Waals surface area contributed by atoms with Gasteiger partial charge in [0.2, 0.25) is 11.8 Å². The molecule has 4 amide bonds. The second-order valence-corrected chi connectivity index (χ2v) is 24.2. The molecule has 3 atom stereocenters. The molecule has 2 rings (SSSR count). The molecule has 0 bridgehead atoms. The lowest BCUT2D eigenvalue weighted by atomic mass is 9.84. The molecule has 2 aromatic rings. The number of carbonyl (C=O) groups is 4. The van der Waals surface area contributed by atoms with Gasteiger partial charge in [0.15, 0.2) is 0 Å². The number of nitrogens with zero attached hydrogens (tertiary/aromatic N) is 1. The predicted octanol–water partition coefficient (Wildman–Crippen LogP) is 7.60. The van der Waals surface area contributed by atoms with Crippen molar-refractivity contribution in [1.29, 1.82) is 0 Å². The molecule has 0 aliphatic rings. The van der Waals surface area contributed by atoms with Crippen molar-refractivity contribution in [2.24, 2.45) is 10.8 Å². The lowest BCUT2D eigenvalue weighted by Crippen LogP contribution is -2.62. The van der Waals surface area contributed by atoms with Crippen molar-refractivity contribution in [1.82, 2.24) is 26.4 Å². The molecule has 0 unspecified atom stereocenters. The van der Waals surface area contributed by atoms with Gasteiger partial charge in [-0.05, 0) is 58.4 Å². The van der Waals surface area contributed by atoms with Crippen LogP contribution in [0.25, 0.3) is 0 Å². The van der Waals surface area contributed by atoms with Crippen molar-refractivity contribution in [2.45, 2.75) is 123 Å². The number of carbonyl (C=O) groups excluding carboxylic acids is 4. The van der Waals surface area contributed by atoms with E-state index in [1.165, 1.54) is 7.11 Å². The number of hydrogen-bond acceptors (Lipinski definition) is 6. The minimum atomic E-state index is -2.57. The van der Waals surface area contributed by atoms with Gasteiger partial charge in [0.25, 0.3) is 5.91 Å². The van der Waals surface area contributed by atoms with E-state index >= 15 is 4.79 Å².